The minimum absolute atomic E-state index is 0.313. The zero-order chi connectivity index (χ0) is 9.84. The van der Waals surface area contributed by atoms with Crippen LogP contribution in [-0.2, 0) is 0 Å². The Balaban J connectivity index is 2.86. The fraction of sp³-hybridized carbons (Fsp3) is 0.400. The molecule has 0 saturated carbocycles. The number of nitrogens with zero attached hydrogens (tertiary/aromatic N) is 1. The lowest BCUT2D eigenvalue weighted by Crippen LogP contribution is -2.27. The van der Waals surface area contributed by atoms with E-state index in [4.69, 9.17) is 5.73 Å². The molecule has 0 aliphatic heterocycles. The summed E-state index contributed by atoms with van der Waals surface area (Å²) in [5, 5.41) is 0. The molecular formula is C10H15BrN2. The molecule has 0 aliphatic carbocycles. The van der Waals surface area contributed by atoms with Crippen LogP contribution >= 0.6 is 15.9 Å². The second-order valence-corrected chi connectivity index (χ2v) is 4.18. The van der Waals surface area contributed by atoms with Crippen LogP contribution in [-0.4, -0.2) is 25.5 Å². The summed E-state index contributed by atoms with van der Waals surface area (Å²) in [6, 6.07) is 8.60. The summed E-state index contributed by atoms with van der Waals surface area (Å²) in [5.41, 5.74) is 6.95. The van der Waals surface area contributed by atoms with Crippen LogP contribution in [0.15, 0.2) is 28.7 Å². The molecule has 3 heteroatoms. The molecule has 0 amide bonds. The molecule has 2 nitrogen and oxygen atoms in total. The molecule has 0 bridgehead atoms. The molecule has 0 heterocycles. The van der Waals surface area contributed by atoms with Gasteiger partial charge in [0.15, 0.2) is 0 Å². The van der Waals surface area contributed by atoms with E-state index >= 15 is 0 Å². The smallest absolute Gasteiger partial charge is 0.0464 e. The number of benzene rings is 1. The maximum atomic E-state index is 5.69. The fourth-order valence-electron chi connectivity index (χ4n) is 1.33. The summed E-state index contributed by atoms with van der Waals surface area (Å²) < 4.78 is 1.10. The van der Waals surface area contributed by atoms with Crippen LogP contribution in [0, 0.1) is 0 Å². The van der Waals surface area contributed by atoms with Crippen LogP contribution < -0.4 is 5.73 Å². The van der Waals surface area contributed by atoms with Gasteiger partial charge in [-0.15, -0.1) is 0 Å². The van der Waals surface area contributed by atoms with E-state index in [1.54, 1.807) is 0 Å². The van der Waals surface area contributed by atoms with E-state index in [9.17, 15) is 0 Å². The first-order valence-corrected chi connectivity index (χ1v) is 5.06. The van der Waals surface area contributed by atoms with Gasteiger partial charge < -0.3 is 10.6 Å². The van der Waals surface area contributed by atoms with E-state index in [0.29, 0.717) is 12.6 Å². The Morgan fingerprint density at radius 3 is 2.23 bits per heavy atom. The maximum Gasteiger partial charge on any atom is 0.0464 e. The zero-order valence-electron chi connectivity index (χ0n) is 8.00. The van der Waals surface area contributed by atoms with Crippen molar-refractivity contribution in [1.29, 1.82) is 0 Å². The number of rotatable bonds is 3. The van der Waals surface area contributed by atoms with Crippen LogP contribution in [0.5, 0.6) is 0 Å². The second kappa shape index (κ2) is 4.74. The van der Waals surface area contributed by atoms with Crippen molar-refractivity contribution < 1.29 is 0 Å². The Hall–Kier alpha value is -0.380. The Labute approximate surface area is 87.9 Å². The van der Waals surface area contributed by atoms with Gasteiger partial charge in [-0.3, -0.25) is 0 Å². The molecule has 0 radical (unpaired) electrons. The molecule has 13 heavy (non-hydrogen) atoms. The summed E-state index contributed by atoms with van der Waals surface area (Å²) in [4.78, 5) is 2.13. The minimum Gasteiger partial charge on any atom is -0.329 e. The van der Waals surface area contributed by atoms with Gasteiger partial charge in [-0.2, -0.15) is 0 Å². The van der Waals surface area contributed by atoms with Crippen molar-refractivity contribution in [2.24, 2.45) is 5.73 Å². The molecule has 2 N–H and O–H groups in total. The number of hydrogen-bond acceptors (Lipinski definition) is 2. The monoisotopic (exact) mass is 242 g/mol. The number of hydrogen-bond donors (Lipinski definition) is 1. The zero-order valence-corrected chi connectivity index (χ0v) is 9.58. The number of halogens is 1. The Morgan fingerprint density at radius 1 is 1.31 bits per heavy atom. The Bertz CT molecular complexity index is 256. The summed E-state index contributed by atoms with van der Waals surface area (Å²) in [6.07, 6.45) is 0. The number of nitrogens with two attached hydrogens (primary N) is 1. The van der Waals surface area contributed by atoms with Crippen LogP contribution in [0.25, 0.3) is 0 Å². The first kappa shape index (κ1) is 10.7. The van der Waals surface area contributed by atoms with Crippen molar-refractivity contribution >= 4 is 15.9 Å². The molecule has 1 rings (SSSR count). The van der Waals surface area contributed by atoms with Gasteiger partial charge in [0.2, 0.25) is 0 Å². The third kappa shape index (κ3) is 2.79. The highest BCUT2D eigenvalue weighted by atomic mass is 79.9. The Morgan fingerprint density at radius 2 is 1.85 bits per heavy atom. The van der Waals surface area contributed by atoms with Gasteiger partial charge in [-0.05, 0) is 31.8 Å². The molecule has 1 aromatic rings. The topological polar surface area (TPSA) is 29.3 Å². The van der Waals surface area contributed by atoms with E-state index in [1.807, 2.05) is 26.2 Å². The van der Waals surface area contributed by atoms with Crippen molar-refractivity contribution in [3.63, 3.8) is 0 Å². The van der Waals surface area contributed by atoms with Crippen molar-refractivity contribution in [1.82, 2.24) is 4.90 Å². The van der Waals surface area contributed by atoms with E-state index < -0.39 is 0 Å². The summed E-state index contributed by atoms with van der Waals surface area (Å²) in [7, 11) is 4.08. The van der Waals surface area contributed by atoms with Crippen LogP contribution in [0.2, 0.25) is 0 Å². The molecule has 0 unspecified atom stereocenters. The molecule has 1 aromatic carbocycles. The van der Waals surface area contributed by atoms with Gasteiger partial charge in [0.1, 0.15) is 0 Å². The SMILES string of the molecule is CN(C)[C@H](CN)c1ccc(Br)cc1. The third-order valence-electron chi connectivity index (χ3n) is 2.10. The van der Waals surface area contributed by atoms with Crippen LogP contribution in [0.1, 0.15) is 11.6 Å². The molecule has 72 valence electrons. The van der Waals surface area contributed by atoms with Crippen LogP contribution in [0.3, 0.4) is 0 Å². The largest absolute Gasteiger partial charge is 0.329 e. The van der Waals surface area contributed by atoms with Gasteiger partial charge in [-0.1, -0.05) is 28.1 Å². The lowest BCUT2D eigenvalue weighted by molar-refractivity contribution is 0.306. The lowest BCUT2D eigenvalue weighted by atomic mass is 10.1. The standard InChI is InChI=1S/C10H15BrN2/c1-13(2)10(7-12)8-3-5-9(11)6-4-8/h3-6,10H,7,12H2,1-2H3/t10-/m1/s1. The van der Waals surface area contributed by atoms with Gasteiger partial charge in [0.05, 0.1) is 0 Å². The molecule has 0 fully saturated rings. The highest BCUT2D eigenvalue weighted by molar-refractivity contribution is 9.10. The normalized spacial score (nSPS) is 13.3. The van der Waals surface area contributed by atoms with Crippen molar-refractivity contribution in [2.75, 3.05) is 20.6 Å². The maximum absolute atomic E-state index is 5.69. The van der Waals surface area contributed by atoms with Gasteiger partial charge in [0.25, 0.3) is 0 Å². The van der Waals surface area contributed by atoms with E-state index in [2.05, 4.69) is 33.0 Å². The first-order valence-electron chi connectivity index (χ1n) is 4.27. The minimum atomic E-state index is 0.313. The van der Waals surface area contributed by atoms with Gasteiger partial charge in [0, 0.05) is 17.1 Å². The third-order valence-corrected chi connectivity index (χ3v) is 2.63. The van der Waals surface area contributed by atoms with Gasteiger partial charge >= 0.3 is 0 Å². The highest BCUT2D eigenvalue weighted by Crippen LogP contribution is 2.19. The van der Waals surface area contributed by atoms with E-state index in [0.717, 1.165) is 4.47 Å². The van der Waals surface area contributed by atoms with E-state index in [-0.39, 0.29) is 0 Å². The molecule has 0 aliphatic rings. The van der Waals surface area contributed by atoms with Crippen molar-refractivity contribution in [2.45, 2.75) is 6.04 Å². The van der Waals surface area contributed by atoms with Crippen molar-refractivity contribution in [3.05, 3.63) is 34.3 Å². The molecule has 1 atom stereocenters. The average molecular weight is 243 g/mol. The quantitative estimate of drug-likeness (QED) is 0.879. The number of likely N-dealkylation sites (N-methyl/N-ethyl adjacent to an activating group) is 1. The molecule has 0 saturated heterocycles. The second-order valence-electron chi connectivity index (χ2n) is 3.27. The predicted octanol–water partition coefficient (Wildman–Crippen LogP) is 2.01. The molecular weight excluding hydrogens is 228 g/mol. The fourth-order valence-corrected chi connectivity index (χ4v) is 1.59. The average Bonchev–Trinajstić information content (AvgIpc) is 2.09. The summed E-state index contributed by atoms with van der Waals surface area (Å²) in [6.45, 7) is 0.647. The first-order chi connectivity index (χ1) is 6.15. The summed E-state index contributed by atoms with van der Waals surface area (Å²) in [5.74, 6) is 0. The van der Waals surface area contributed by atoms with Crippen molar-refractivity contribution in [3.8, 4) is 0 Å². The van der Waals surface area contributed by atoms with Crippen LogP contribution in [0.4, 0.5) is 0 Å². The Kier molecular flexibility index (Phi) is 3.90. The highest BCUT2D eigenvalue weighted by Gasteiger charge is 2.10. The summed E-state index contributed by atoms with van der Waals surface area (Å²) >= 11 is 3.41. The lowest BCUT2D eigenvalue weighted by Gasteiger charge is -2.22. The molecule has 0 aromatic heterocycles. The molecule has 0 spiro atoms. The van der Waals surface area contributed by atoms with Gasteiger partial charge in [-0.25, -0.2) is 0 Å². The predicted molar refractivity (Wildman–Crippen MR) is 59.6 cm³/mol. The van der Waals surface area contributed by atoms with E-state index in [1.165, 1.54) is 5.56 Å².